The summed E-state index contributed by atoms with van der Waals surface area (Å²) in [5.74, 6) is -1.27. The topological polar surface area (TPSA) is 77.8 Å². The van der Waals surface area contributed by atoms with Crippen LogP contribution >= 0.6 is 0 Å². The molecule has 0 bridgehead atoms. The lowest BCUT2D eigenvalue weighted by Gasteiger charge is -2.37. The molecule has 2 rings (SSSR count). The van der Waals surface area contributed by atoms with E-state index >= 15 is 0 Å². The van der Waals surface area contributed by atoms with Gasteiger partial charge in [-0.25, -0.2) is 17.1 Å². The van der Waals surface area contributed by atoms with Gasteiger partial charge in [0, 0.05) is 13.1 Å². The van der Waals surface area contributed by atoms with E-state index in [9.17, 15) is 17.9 Å². The molecule has 19 heavy (non-hydrogen) atoms. The number of phenolic OH excluding ortho intramolecular Hbond substituents is 1. The van der Waals surface area contributed by atoms with Gasteiger partial charge in [-0.1, -0.05) is 6.07 Å². The van der Waals surface area contributed by atoms with E-state index in [1.54, 1.807) is 0 Å². The third kappa shape index (κ3) is 2.88. The fraction of sp³-hybridized carbons (Fsp3) is 0.500. The molecular weight excluding hydrogens is 273 g/mol. The molecule has 1 aromatic rings. The Morgan fingerprint density at radius 3 is 2.37 bits per heavy atom. The second-order valence-corrected chi connectivity index (χ2v) is 6.84. The maximum absolute atomic E-state index is 13.3. The number of phenols is 1. The number of rotatable bonds is 2. The van der Waals surface area contributed by atoms with Crippen LogP contribution in [0.25, 0.3) is 0 Å². The maximum atomic E-state index is 13.3. The van der Waals surface area contributed by atoms with Gasteiger partial charge in [0.25, 0.3) is 0 Å². The first-order valence-electron chi connectivity index (χ1n) is 5.89. The highest BCUT2D eigenvalue weighted by molar-refractivity contribution is 7.88. The summed E-state index contributed by atoms with van der Waals surface area (Å²) in [5.41, 5.74) is -0.897. The van der Waals surface area contributed by atoms with Crippen LogP contribution < -0.4 is 0 Å². The van der Waals surface area contributed by atoms with Gasteiger partial charge in [-0.3, -0.25) is 0 Å². The molecule has 0 atom stereocenters. The van der Waals surface area contributed by atoms with Gasteiger partial charge in [0.1, 0.15) is 0 Å². The molecule has 0 aliphatic carbocycles. The molecule has 1 fully saturated rings. The maximum Gasteiger partial charge on any atom is 0.211 e. The summed E-state index contributed by atoms with van der Waals surface area (Å²) in [4.78, 5) is 0. The number of sulfonamides is 1. The molecule has 5 nitrogen and oxygen atoms in total. The number of hydrogen-bond donors (Lipinski definition) is 2. The summed E-state index contributed by atoms with van der Waals surface area (Å²) in [7, 11) is -3.26. The van der Waals surface area contributed by atoms with E-state index in [-0.39, 0.29) is 25.9 Å². The third-order valence-corrected chi connectivity index (χ3v) is 4.81. The van der Waals surface area contributed by atoms with Crippen molar-refractivity contribution in [3.05, 3.63) is 29.6 Å². The molecular formula is C12H16FNO4S. The lowest BCUT2D eigenvalue weighted by atomic mass is 9.85. The van der Waals surface area contributed by atoms with Crippen LogP contribution in [0.15, 0.2) is 18.2 Å². The van der Waals surface area contributed by atoms with Crippen molar-refractivity contribution in [2.45, 2.75) is 18.4 Å². The minimum absolute atomic E-state index is 0.192. The summed E-state index contributed by atoms with van der Waals surface area (Å²) in [6.45, 7) is 0.385. The van der Waals surface area contributed by atoms with Crippen LogP contribution in [0.3, 0.4) is 0 Å². The summed E-state index contributed by atoms with van der Waals surface area (Å²) >= 11 is 0. The fourth-order valence-corrected chi connectivity index (χ4v) is 3.12. The van der Waals surface area contributed by atoms with E-state index in [0.29, 0.717) is 5.56 Å². The monoisotopic (exact) mass is 289 g/mol. The first-order valence-corrected chi connectivity index (χ1v) is 7.74. The standard InChI is InChI=1S/C12H16FNO4S/c1-19(17,18)14-6-4-12(16,5-7-14)9-2-3-11(15)10(13)8-9/h2-3,8,15-16H,4-7H2,1H3. The van der Waals surface area contributed by atoms with E-state index in [2.05, 4.69) is 0 Å². The van der Waals surface area contributed by atoms with Crippen molar-refractivity contribution in [3.8, 4) is 5.75 Å². The molecule has 7 heteroatoms. The number of piperidine rings is 1. The molecule has 1 saturated heterocycles. The Labute approximate surface area is 111 Å². The first kappa shape index (κ1) is 14.2. The molecule has 106 valence electrons. The van der Waals surface area contributed by atoms with Gasteiger partial charge in [0.05, 0.1) is 11.9 Å². The highest BCUT2D eigenvalue weighted by Crippen LogP contribution is 2.34. The number of hydrogen-bond acceptors (Lipinski definition) is 4. The Balaban J connectivity index is 2.20. The summed E-state index contributed by atoms with van der Waals surface area (Å²) < 4.78 is 37.4. The lowest BCUT2D eigenvalue weighted by molar-refractivity contribution is -0.00977. The second kappa shape index (κ2) is 4.73. The molecule has 1 aromatic carbocycles. The summed E-state index contributed by atoms with van der Waals surface area (Å²) in [6, 6.07) is 3.73. The van der Waals surface area contributed by atoms with Gasteiger partial charge in [0.15, 0.2) is 11.6 Å². The highest BCUT2D eigenvalue weighted by Gasteiger charge is 2.36. The Bertz CT molecular complexity index is 579. The van der Waals surface area contributed by atoms with Crippen molar-refractivity contribution in [2.24, 2.45) is 0 Å². The second-order valence-electron chi connectivity index (χ2n) is 4.86. The van der Waals surface area contributed by atoms with Crippen LogP contribution in [0.4, 0.5) is 4.39 Å². The molecule has 0 saturated carbocycles. The number of halogens is 1. The van der Waals surface area contributed by atoms with Gasteiger partial charge >= 0.3 is 0 Å². The molecule has 1 heterocycles. The SMILES string of the molecule is CS(=O)(=O)N1CCC(O)(c2ccc(O)c(F)c2)CC1. The summed E-state index contributed by atoms with van der Waals surface area (Å²) in [5, 5.41) is 19.6. The predicted molar refractivity (Wildman–Crippen MR) is 67.6 cm³/mol. The van der Waals surface area contributed by atoms with Crippen molar-refractivity contribution < 1.29 is 23.0 Å². The van der Waals surface area contributed by atoms with Crippen LogP contribution in [0.1, 0.15) is 18.4 Å². The average molecular weight is 289 g/mol. The highest BCUT2D eigenvalue weighted by atomic mass is 32.2. The number of nitrogens with zero attached hydrogens (tertiary/aromatic N) is 1. The Kier molecular flexibility index (Phi) is 3.55. The van der Waals surface area contributed by atoms with Crippen molar-refractivity contribution in [1.29, 1.82) is 0 Å². The molecule has 0 radical (unpaired) electrons. The normalized spacial score (nSPS) is 20.4. The Morgan fingerprint density at radius 2 is 1.89 bits per heavy atom. The van der Waals surface area contributed by atoms with Crippen LogP contribution in [0.5, 0.6) is 5.75 Å². The molecule has 0 unspecified atom stereocenters. The first-order chi connectivity index (χ1) is 8.72. The molecule has 0 aromatic heterocycles. The van der Waals surface area contributed by atoms with Crippen LogP contribution in [-0.2, 0) is 15.6 Å². The summed E-state index contributed by atoms with van der Waals surface area (Å²) in [6.07, 6.45) is 1.52. The van der Waals surface area contributed by atoms with Crippen molar-refractivity contribution in [3.63, 3.8) is 0 Å². The quantitative estimate of drug-likeness (QED) is 0.843. The predicted octanol–water partition coefficient (Wildman–Crippen LogP) is 0.774. The lowest BCUT2D eigenvalue weighted by Crippen LogP contribution is -2.44. The minimum Gasteiger partial charge on any atom is -0.505 e. The molecule has 2 N–H and O–H groups in total. The zero-order valence-corrected chi connectivity index (χ0v) is 11.3. The minimum atomic E-state index is -3.26. The number of benzene rings is 1. The molecule has 1 aliphatic heterocycles. The Hall–Kier alpha value is -1.18. The van der Waals surface area contributed by atoms with Crippen molar-refractivity contribution >= 4 is 10.0 Å². The van der Waals surface area contributed by atoms with Crippen LogP contribution in [0, 0.1) is 5.82 Å². The number of aromatic hydroxyl groups is 1. The zero-order valence-electron chi connectivity index (χ0n) is 10.5. The zero-order chi connectivity index (χ0) is 14.3. The van der Waals surface area contributed by atoms with Gasteiger partial charge in [-0.15, -0.1) is 0 Å². The van der Waals surface area contributed by atoms with Crippen molar-refractivity contribution in [2.75, 3.05) is 19.3 Å². The molecule has 0 spiro atoms. The van der Waals surface area contributed by atoms with E-state index in [1.165, 1.54) is 16.4 Å². The van der Waals surface area contributed by atoms with E-state index in [1.807, 2.05) is 0 Å². The van der Waals surface area contributed by atoms with Crippen LogP contribution in [0.2, 0.25) is 0 Å². The number of aliphatic hydroxyl groups is 1. The van der Waals surface area contributed by atoms with E-state index in [0.717, 1.165) is 12.3 Å². The largest absolute Gasteiger partial charge is 0.505 e. The van der Waals surface area contributed by atoms with Gasteiger partial charge in [-0.2, -0.15) is 0 Å². The smallest absolute Gasteiger partial charge is 0.211 e. The van der Waals surface area contributed by atoms with Gasteiger partial charge < -0.3 is 10.2 Å². The van der Waals surface area contributed by atoms with Gasteiger partial charge in [-0.05, 0) is 30.5 Å². The Morgan fingerprint density at radius 1 is 1.32 bits per heavy atom. The third-order valence-electron chi connectivity index (χ3n) is 3.50. The van der Waals surface area contributed by atoms with Crippen LogP contribution in [-0.4, -0.2) is 42.3 Å². The molecule has 1 aliphatic rings. The van der Waals surface area contributed by atoms with Crippen molar-refractivity contribution in [1.82, 2.24) is 4.31 Å². The van der Waals surface area contributed by atoms with Gasteiger partial charge in [0.2, 0.25) is 10.0 Å². The van der Waals surface area contributed by atoms with E-state index < -0.39 is 27.2 Å². The fourth-order valence-electron chi connectivity index (χ4n) is 2.27. The van der Waals surface area contributed by atoms with E-state index in [4.69, 9.17) is 5.11 Å². The molecule has 0 amide bonds. The average Bonchev–Trinajstić information content (AvgIpc) is 2.32.